The van der Waals surface area contributed by atoms with E-state index < -0.39 is 0 Å². The van der Waals surface area contributed by atoms with Crippen molar-refractivity contribution in [3.05, 3.63) is 12.2 Å². The van der Waals surface area contributed by atoms with Gasteiger partial charge in [-0.05, 0) is 20.3 Å². The van der Waals surface area contributed by atoms with Crippen molar-refractivity contribution in [2.24, 2.45) is 0 Å². The molecule has 1 heterocycles. The summed E-state index contributed by atoms with van der Waals surface area (Å²) >= 11 is 0. The molecule has 98 valence electrons. The highest BCUT2D eigenvalue weighted by Crippen LogP contribution is 2.27. The predicted molar refractivity (Wildman–Crippen MR) is 66.6 cm³/mol. The topological polar surface area (TPSA) is 38.8 Å². The number of esters is 1. The van der Waals surface area contributed by atoms with Crippen LogP contribution in [0.2, 0.25) is 0 Å². The second-order valence-electron chi connectivity index (χ2n) is 4.68. The summed E-state index contributed by atoms with van der Waals surface area (Å²) in [6.45, 7) is 12.2. The van der Waals surface area contributed by atoms with Crippen molar-refractivity contribution in [1.29, 1.82) is 0 Å². The van der Waals surface area contributed by atoms with Crippen molar-refractivity contribution in [2.75, 3.05) is 26.3 Å². The van der Waals surface area contributed by atoms with E-state index in [1.165, 1.54) is 0 Å². The van der Waals surface area contributed by atoms with E-state index in [-0.39, 0.29) is 11.7 Å². The van der Waals surface area contributed by atoms with E-state index in [1.807, 2.05) is 0 Å². The Morgan fingerprint density at radius 1 is 1.59 bits per heavy atom. The van der Waals surface area contributed by atoms with Gasteiger partial charge in [-0.2, -0.15) is 0 Å². The molecule has 0 N–H and O–H groups in total. The lowest BCUT2D eigenvalue weighted by Crippen LogP contribution is -2.43. The Labute approximate surface area is 104 Å². The molecule has 1 fully saturated rings. The number of rotatable bonds is 6. The van der Waals surface area contributed by atoms with Gasteiger partial charge in [0, 0.05) is 18.7 Å². The molecule has 0 aromatic rings. The lowest BCUT2D eigenvalue weighted by atomic mass is 10.1. The molecule has 17 heavy (non-hydrogen) atoms. The maximum absolute atomic E-state index is 11.2. The quantitative estimate of drug-likeness (QED) is 0.526. The van der Waals surface area contributed by atoms with Gasteiger partial charge in [-0.15, -0.1) is 0 Å². The van der Waals surface area contributed by atoms with E-state index in [4.69, 9.17) is 9.47 Å². The number of ether oxygens (including phenoxy) is 2. The van der Waals surface area contributed by atoms with Gasteiger partial charge in [0.25, 0.3) is 0 Å². The second kappa shape index (κ2) is 6.17. The van der Waals surface area contributed by atoms with E-state index in [9.17, 15) is 4.79 Å². The number of hydrogen-bond acceptors (Lipinski definition) is 4. The minimum atomic E-state index is -0.317. The van der Waals surface area contributed by atoms with E-state index in [0.717, 1.165) is 32.5 Å². The maximum Gasteiger partial charge on any atom is 0.333 e. The molecule has 0 spiro atoms. The maximum atomic E-state index is 11.2. The molecule has 4 nitrogen and oxygen atoms in total. The first kappa shape index (κ1) is 14.2. The summed E-state index contributed by atoms with van der Waals surface area (Å²) < 4.78 is 10.9. The fraction of sp³-hybridized carbons (Fsp3) is 0.769. The minimum Gasteiger partial charge on any atom is -0.461 e. The van der Waals surface area contributed by atoms with Crippen LogP contribution in [-0.2, 0) is 14.3 Å². The van der Waals surface area contributed by atoms with Gasteiger partial charge < -0.3 is 9.47 Å². The molecular formula is C13H23NO3. The van der Waals surface area contributed by atoms with Gasteiger partial charge in [0.05, 0.1) is 6.61 Å². The molecule has 0 amide bonds. The molecule has 1 saturated heterocycles. The molecule has 1 unspecified atom stereocenters. The van der Waals surface area contributed by atoms with Crippen molar-refractivity contribution in [3.8, 4) is 0 Å². The van der Waals surface area contributed by atoms with Crippen molar-refractivity contribution < 1.29 is 14.3 Å². The zero-order valence-corrected chi connectivity index (χ0v) is 11.1. The zero-order valence-electron chi connectivity index (χ0n) is 11.1. The summed E-state index contributed by atoms with van der Waals surface area (Å²) in [5.41, 5.74) is 0.253. The number of carbonyl (C=O) groups is 1. The Kier molecular flexibility index (Phi) is 5.15. The van der Waals surface area contributed by atoms with E-state index in [1.54, 1.807) is 6.92 Å². The average molecular weight is 241 g/mol. The Balaban J connectivity index is 2.36. The molecule has 0 bridgehead atoms. The van der Waals surface area contributed by atoms with E-state index >= 15 is 0 Å². The number of carbonyl (C=O) groups excluding carboxylic acids is 1. The van der Waals surface area contributed by atoms with Crippen LogP contribution in [0.15, 0.2) is 12.2 Å². The molecule has 0 aliphatic carbocycles. The van der Waals surface area contributed by atoms with Crippen LogP contribution >= 0.6 is 0 Å². The van der Waals surface area contributed by atoms with Gasteiger partial charge in [-0.3, -0.25) is 4.90 Å². The lowest BCUT2D eigenvalue weighted by molar-refractivity contribution is -0.141. The van der Waals surface area contributed by atoms with Crippen LogP contribution in [0, 0.1) is 0 Å². The fourth-order valence-corrected chi connectivity index (χ4v) is 2.12. The molecule has 0 radical (unpaired) electrons. The van der Waals surface area contributed by atoms with E-state index in [2.05, 4.69) is 25.3 Å². The van der Waals surface area contributed by atoms with Crippen LogP contribution in [0.3, 0.4) is 0 Å². The third-order valence-electron chi connectivity index (χ3n) is 3.10. The van der Waals surface area contributed by atoms with Gasteiger partial charge in [0.2, 0.25) is 0 Å². The summed E-state index contributed by atoms with van der Waals surface area (Å²) in [6, 6.07) is 0. The third kappa shape index (κ3) is 3.82. The number of nitrogens with zero attached hydrogens (tertiary/aromatic N) is 1. The zero-order chi connectivity index (χ0) is 12.9. The van der Waals surface area contributed by atoms with Crippen molar-refractivity contribution in [2.45, 2.75) is 39.3 Å². The average Bonchev–Trinajstić information content (AvgIpc) is 2.60. The molecular weight excluding hydrogens is 218 g/mol. The first-order valence-electron chi connectivity index (χ1n) is 6.21. The second-order valence-corrected chi connectivity index (χ2v) is 4.68. The molecule has 0 saturated carbocycles. The van der Waals surface area contributed by atoms with Gasteiger partial charge >= 0.3 is 5.97 Å². The van der Waals surface area contributed by atoms with Crippen LogP contribution in [-0.4, -0.2) is 42.9 Å². The highest BCUT2D eigenvalue weighted by Gasteiger charge is 2.36. The SMILES string of the molecule is C=C(C)C(=O)OCCN1CCOC1(C)CCC. The summed E-state index contributed by atoms with van der Waals surface area (Å²) in [6.07, 6.45) is 2.08. The highest BCUT2D eigenvalue weighted by molar-refractivity contribution is 5.86. The summed E-state index contributed by atoms with van der Waals surface area (Å²) in [5.74, 6) is -0.317. The van der Waals surface area contributed by atoms with Crippen molar-refractivity contribution >= 4 is 5.97 Å². The van der Waals surface area contributed by atoms with Gasteiger partial charge in [0.15, 0.2) is 0 Å². The molecule has 0 aromatic heterocycles. The third-order valence-corrected chi connectivity index (χ3v) is 3.10. The van der Waals surface area contributed by atoms with Crippen molar-refractivity contribution in [1.82, 2.24) is 4.90 Å². The lowest BCUT2D eigenvalue weighted by Gasteiger charge is -2.33. The molecule has 0 aromatic carbocycles. The largest absolute Gasteiger partial charge is 0.461 e. The van der Waals surface area contributed by atoms with Gasteiger partial charge in [0.1, 0.15) is 12.3 Å². The Morgan fingerprint density at radius 3 is 2.88 bits per heavy atom. The van der Waals surface area contributed by atoms with Gasteiger partial charge in [-0.1, -0.05) is 19.9 Å². The molecule has 1 aliphatic rings. The summed E-state index contributed by atoms with van der Waals surface area (Å²) in [7, 11) is 0. The van der Waals surface area contributed by atoms with Gasteiger partial charge in [-0.25, -0.2) is 4.79 Å². The summed E-state index contributed by atoms with van der Waals surface area (Å²) in [5, 5.41) is 0. The van der Waals surface area contributed by atoms with Crippen LogP contribution in [0.25, 0.3) is 0 Å². The first-order valence-corrected chi connectivity index (χ1v) is 6.21. The van der Waals surface area contributed by atoms with Crippen LogP contribution in [0.4, 0.5) is 0 Å². The van der Waals surface area contributed by atoms with Crippen LogP contribution in [0.5, 0.6) is 0 Å². The molecule has 1 rings (SSSR count). The Morgan fingerprint density at radius 2 is 2.29 bits per heavy atom. The fourth-order valence-electron chi connectivity index (χ4n) is 2.12. The van der Waals surface area contributed by atoms with Crippen LogP contribution in [0.1, 0.15) is 33.6 Å². The monoisotopic (exact) mass is 241 g/mol. The normalized spacial score (nSPS) is 24.9. The number of hydrogen-bond donors (Lipinski definition) is 0. The molecule has 1 aliphatic heterocycles. The smallest absolute Gasteiger partial charge is 0.333 e. The Bertz CT molecular complexity index is 290. The standard InChI is InChI=1S/C13H23NO3/c1-5-6-13(4)14(8-10-17-13)7-9-16-12(15)11(2)3/h2,5-10H2,1,3-4H3. The first-order chi connectivity index (χ1) is 7.99. The van der Waals surface area contributed by atoms with E-state index in [0.29, 0.717) is 12.2 Å². The predicted octanol–water partition coefficient (Wildman–Crippen LogP) is 1.95. The Hall–Kier alpha value is -0.870. The van der Waals surface area contributed by atoms with Crippen LogP contribution < -0.4 is 0 Å². The summed E-state index contributed by atoms with van der Waals surface area (Å²) in [4.78, 5) is 13.5. The molecule has 1 atom stereocenters. The van der Waals surface area contributed by atoms with Crippen molar-refractivity contribution in [3.63, 3.8) is 0 Å². The molecule has 4 heteroatoms. The minimum absolute atomic E-state index is 0.190. The highest BCUT2D eigenvalue weighted by atomic mass is 16.5.